The molecule has 0 aliphatic rings. The van der Waals surface area contributed by atoms with Gasteiger partial charge in [0.15, 0.2) is 5.76 Å². The summed E-state index contributed by atoms with van der Waals surface area (Å²) in [6, 6.07) is 12.5. The molecular weight excluding hydrogens is 437 g/mol. The standard InChI is InChI=1S/C22H22FN3O5S/c1-14(2)26-32(29,30)17-9-10-19(23)18(12-17)21(27)24-13-15-5-7-16(8-6-15)25-22(28)20-4-3-11-31-20/h3-12,14,26H,13H2,1-2H3,(H,24,27)(H,25,28). The van der Waals surface area contributed by atoms with E-state index in [1.807, 2.05) is 0 Å². The lowest BCUT2D eigenvalue weighted by Crippen LogP contribution is -2.31. The summed E-state index contributed by atoms with van der Waals surface area (Å²) in [5.74, 6) is -1.80. The Kier molecular flexibility index (Phi) is 7.06. The van der Waals surface area contributed by atoms with Crippen molar-refractivity contribution in [3.8, 4) is 0 Å². The minimum Gasteiger partial charge on any atom is -0.459 e. The number of sulfonamides is 1. The van der Waals surface area contributed by atoms with Gasteiger partial charge in [0, 0.05) is 18.3 Å². The van der Waals surface area contributed by atoms with Crippen molar-refractivity contribution in [2.45, 2.75) is 31.3 Å². The number of hydrogen-bond donors (Lipinski definition) is 3. The highest BCUT2D eigenvalue weighted by Crippen LogP contribution is 2.16. The Bertz CT molecular complexity index is 1210. The van der Waals surface area contributed by atoms with Crippen LogP contribution in [0.2, 0.25) is 0 Å². The van der Waals surface area contributed by atoms with Gasteiger partial charge >= 0.3 is 0 Å². The Morgan fingerprint density at radius 3 is 2.38 bits per heavy atom. The summed E-state index contributed by atoms with van der Waals surface area (Å²) in [5, 5.41) is 5.23. The summed E-state index contributed by atoms with van der Waals surface area (Å²) >= 11 is 0. The van der Waals surface area contributed by atoms with Gasteiger partial charge in [0.25, 0.3) is 11.8 Å². The van der Waals surface area contributed by atoms with E-state index in [4.69, 9.17) is 4.42 Å². The lowest BCUT2D eigenvalue weighted by Gasteiger charge is -2.12. The normalized spacial score (nSPS) is 11.4. The molecule has 3 aromatic rings. The van der Waals surface area contributed by atoms with Crippen molar-refractivity contribution < 1.29 is 26.8 Å². The molecule has 2 aromatic carbocycles. The van der Waals surface area contributed by atoms with E-state index in [1.165, 1.54) is 12.3 Å². The van der Waals surface area contributed by atoms with Gasteiger partial charge < -0.3 is 15.1 Å². The molecule has 2 amide bonds. The Morgan fingerprint density at radius 2 is 1.75 bits per heavy atom. The van der Waals surface area contributed by atoms with Gasteiger partial charge in [-0.2, -0.15) is 0 Å². The Hall–Kier alpha value is -3.50. The summed E-state index contributed by atoms with van der Waals surface area (Å²) in [5.41, 5.74) is 0.849. The lowest BCUT2D eigenvalue weighted by atomic mass is 10.1. The third kappa shape index (κ3) is 5.80. The highest BCUT2D eigenvalue weighted by atomic mass is 32.2. The molecule has 10 heteroatoms. The number of furan rings is 1. The minimum absolute atomic E-state index is 0.0753. The van der Waals surface area contributed by atoms with E-state index in [1.54, 1.807) is 44.2 Å². The predicted octanol–water partition coefficient (Wildman–Crippen LogP) is 3.29. The van der Waals surface area contributed by atoms with Gasteiger partial charge in [-0.05, 0) is 61.9 Å². The number of hydrogen-bond acceptors (Lipinski definition) is 5. The lowest BCUT2D eigenvalue weighted by molar-refractivity contribution is 0.0945. The van der Waals surface area contributed by atoms with Gasteiger partial charge in [-0.1, -0.05) is 12.1 Å². The van der Waals surface area contributed by atoms with E-state index in [0.29, 0.717) is 11.3 Å². The summed E-state index contributed by atoms with van der Waals surface area (Å²) in [6.07, 6.45) is 1.40. The third-order valence-corrected chi connectivity index (χ3v) is 5.95. The molecule has 1 aromatic heterocycles. The molecule has 3 N–H and O–H groups in total. The van der Waals surface area contributed by atoms with Gasteiger partial charge in [-0.3, -0.25) is 9.59 Å². The van der Waals surface area contributed by atoms with Gasteiger partial charge in [0.1, 0.15) is 5.82 Å². The van der Waals surface area contributed by atoms with Crippen molar-refractivity contribution in [2.24, 2.45) is 0 Å². The molecule has 0 spiro atoms. The van der Waals surface area contributed by atoms with Crippen LogP contribution in [0.3, 0.4) is 0 Å². The van der Waals surface area contributed by atoms with Crippen LogP contribution in [0.15, 0.2) is 70.2 Å². The van der Waals surface area contributed by atoms with Crippen LogP contribution >= 0.6 is 0 Å². The van der Waals surface area contributed by atoms with Crippen LogP contribution in [-0.2, 0) is 16.6 Å². The minimum atomic E-state index is -3.87. The fourth-order valence-electron chi connectivity index (χ4n) is 2.81. The molecule has 0 saturated heterocycles. The number of carbonyl (C=O) groups excluding carboxylic acids is 2. The molecule has 32 heavy (non-hydrogen) atoms. The Balaban J connectivity index is 1.64. The number of anilines is 1. The first kappa shape index (κ1) is 23.2. The maximum atomic E-state index is 14.2. The summed E-state index contributed by atoms with van der Waals surface area (Å²) in [4.78, 5) is 24.2. The SMILES string of the molecule is CC(C)NS(=O)(=O)c1ccc(F)c(C(=O)NCc2ccc(NC(=O)c3ccco3)cc2)c1. The number of carbonyl (C=O) groups is 2. The Morgan fingerprint density at radius 1 is 1.03 bits per heavy atom. The van der Waals surface area contributed by atoms with Crippen LogP contribution < -0.4 is 15.4 Å². The Labute approximate surface area is 184 Å². The molecule has 1 heterocycles. The van der Waals surface area contributed by atoms with E-state index in [2.05, 4.69) is 15.4 Å². The average Bonchev–Trinajstić information content (AvgIpc) is 3.27. The van der Waals surface area contributed by atoms with E-state index in [0.717, 1.165) is 18.2 Å². The molecular formula is C22H22FN3O5S. The number of benzene rings is 2. The molecule has 0 aliphatic heterocycles. The van der Waals surface area contributed by atoms with E-state index < -0.39 is 27.7 Å². The topological polar surface area (TPSA) is 118 Å². The van der Waals surface area contributed by atoms with E-state index in [9.17, 15) is 22.4 Å². The molecule has 0 unspecified atom stereocenters. The third-order valence-electron chi connectivity index (χ3n) is 4.29. The van der Waals surface area contributed by atoms with Crippen molar-refractivity contribution >= 4 is 27.5 Å². The highest BCUT2D eigenvalue weighted by molar-refractivity contribution is 7.89. The van der Waals surface area contributed by atoms with Crippen molar-refractivity contribution in [3.05, 3.63) is 83.6 Å². The molecule has 168 valence electrons. The molecule has 0 saturated carbocycles. The first-order chi connectivity index (χ1) is 15.2. The largest absolute Gasteiger partial charge is 0.459 e. The fraction of sp³-hybridized carbons (Fsp3) is 0.182. The zero-order chi connectivity index (χ0) is 23.3. The monoisotopic (exact) mass is 459 g/mol. The zero-order valence-electron chi connectivity index (χ0n) is 17.4. The average molecular weight is 459 g/mol. The van der Waals surface area contributed by atoms with Gasteiger partial charge in [-0.15, -0.1) is 0 Å². The maximum absolute atomic E-state index is 14.2. The second kappa shape index (κ2) is 9.75. The van der Waals surface area contributed by atoms with Crippen molar-refractivity contribution in [2.75, 3.05) is 5.32 Å². The van der Waals surface area contributed by atoms with Crippen LogP contribution in [0.25, 0.3) is 0 Å². The van der Waals surface area contributed by atoms with Crippen LogP contribution in [0.4, 0.5) is 10.1 Å². The van der Waals surface area contributed by atoms with Gasteiger partial charge in [0.05, 0.1) is 16.7 Å². The summed E-state index contributed by atoms with van der Waals surface area (Å²) < 4.78 is 46.2. The second-order valence-corrected chi connectivity index (χ2v) is 8.94. The quantitative estimate of drug-likeness (QED) is 0.478. The summed E-state index contributed by atoms with van der Waals surface area (Å²) in [7, 11) is -3.87. The second-order valence-electron chi connectivity index (χ2n) is 7.23. The van der Waals surface area contributed by atoms with Gasteiger partial charge in [-0.25, -0.2) is 17.5 Å². The van der Waals surface area contributed by atoms with Crippen molar-refractivity contribution in [3.63, 3.8) is 0 Å². The predicted molar refractivity (Wildman–Crippen MR) is 116 cm³/mol. The van der Waals surface area contributed by atoms with Crippen molar-refractivity contribution in [1.29, 1.82) is 0 Å². The number of nitrogens with one attached hydrogen (secondary N) is 3. The maximum Gasteiger partial charge on any atom is 0.291 e. The highest BCUT2D eigenvalue weighted by Gasteiger charge is 2.20. The van der Waals surface area contributed by atoms with Crippen LogP contribution in [-0.4, -0.2) is 26.3 Å². The molecule has 3 rings (SSSR count). The molecule has 0 radical (unpaired) electrons. The van der Waals surface area contributed by atoms with Crippen LogP contribution in [0.1, 0.15) is 40.3 Å². The molecule has 0 aliphatic carbocycles. The van der Waals surface area contributed by atoms with Crippen LogP contribution in [0, 0.1) is 5.82 Å². The van der Waals surface area contributed by atoms with Crippen molar-refractivity contribution in [1.82, 2.24) is 10.0 Å². The first-order valence-corrected chi connectivity index (χ1v) is 11.2. The summed E-state index contributed by atoms with van der Waals surface area (Å²) in [6.45, 7) is 3.39. The van der Waals surface area contributed by atoms with E-state index in [-0.39, 0.29) is 28.8 Å². The first-order valence-electron chi connectivity index (χ1n) is 9.69. The molecule has 0 bridgehead atoms. The number of amides is 2. The fourth-order valence-corrected chi connectivity index (χ4v) is 4.08. The van der Waals surface area contributed by atoms with E-state index >= 15 is 0 Å². The number of rotatable bonds is 8. The number of halogens is 1. The zero-order valence-corrected chi connectivity index (χ0v) is 18.2. The smallest absolute Gasteiger partial charge is 0.291 e. The van der Waals surface area contributed by atoms with Crippen LogP contribution in [0.5, 0.6) is 0 Å². The molecule has 0 fully saturated rings. The molecule has 0 atom stereocenters. The van der Waals surface area contributed by atoms with Gasteiger partial charge in [0.2, 0.25) is 10.0 Å². The molecule has 8 nitrogen and oxygen atoms in total.